The molecule has 2 nitrogen and oxygen atoms in total. The van der Waals surface area contributed by atoms with Crippen LogP contribution in [0.5, 0.6) is 0 Å². The Morgan fingerprint density at radius 2 is 2.20 bits per heavy atom. The van der Waals surface area contributed by atoms with Crippen LogP contribution in [0.4, 0.5) is 4.39 Å². The van der Waals surface area contributed by atoms with Crippen LogP contribution in [0.25, 0.3) is 0 Å². The molecule has 15 heavy (non-hydrogen) atoms. The van der Waals surface area contributed by atoms with E-state index >= 15 is 0 Å². The van der Waals surface area contributed by atoms with Gasteiger partial charge in [-0.25, -0.2) is 4.39 Å². The average molecular weight is 208 g/mol. The minimum atomic E-state index is -0.159. The van der Waals surface area contributed by atoms with Crippen molar-refractivity contribution < 1.29 is 4.39 Å². The Morgan fingerprint density at radius 3 is 2.73 bits per heavy atom. The van der Waals surface area contributed by atoms with Crippen LogP contribution in [-0.2, 0) is 0 Å². The summed E-state index contributed by atoms with van der Waals surface area (Å²) < 4.78 is 12.9. The predicted molar refractivity (Wildman–Crippen MR) is 59.3 cm³/mol. The predicted octanol–water partition coefficient (Wildman–Crippen LogP) is 1.76. The normalized spacial score (nSPS) is 18.6. The Morgan fingerprint density at radius 1 is 1.47 bits per heavy atom. The summed E-state index contributed by atoms with van der Waals surface area (Å²) in [5.74, 6) is -0.159. The Bertz CT molecular complexity index is 347. The molecule has 1 heterocycles. The molecule has 2 rings (SSSR count). The second-order valence-corrected chi connectivity index (χ2v) is 4.24. The molecular formula is C12H17FN2. The summed E-state index contributed by atoms with van der Waals surface area (Å²) in [5.41, 5.74) is 2.20. The van der Waals surface area contributed by atoms with Crippen LogP contribution in [0, 0.1) is 12.7 Å². The number of aryl methyl sites for hydroxylation is 1. The zero-order valence-corrected chi connectivity index (χ0v) is 9.18. The lowest BCUT2D eigenvalue weighted by Gasteiger charge is -2.31. The molecule has 0 amide bonds. The van der Waals surface area contributed by atoms with Gasteiger partial charge in [-0.3, -0.25) is 0 Å². The molecule has 82 valence electrons. The van der Waals surface area contributed by atoms with Gasteiger partial charge in [-0.05, 0) is 37.1 Å². The molecule has 1 atom stereocenters. The van der Waals surface area contributed by atoms with Crippen molar-refractivity contribution in [3.63, 3.8) is 0 Å². The van der Waals surface area contributed by atoms with Gasteiger partial charge in [-0.2, -0.15) is 0 Å². The molecule has 0 saturated carbocycles. The Labute approximate surface area is 89.9 Å². The van der Waals surface area contributed by atoms with Crippen molar-refractivity contribution in [1.82, 2.24) is 10.6 Å². The third-order valence-corrected chi connectivity index (χ3v) is 2.97. The van der Waals surface area contributed by atoms with E-state index in [0.29, 0.717) is 6.04 Å². The number of benzene rings is 1. The van der Waals surface area contributed by atoms with Gasteiger partial charge in [0.25, 0.3) is 0 Å². The van der Waals surface area contributed by atoms with Crippen molar-refractivity contribution >= 4 is 0 Å². The molecule has 1 aliphatic rings. The topological polar surface area (TPSA) is 24.1 Å². The molecule has 2 N–H and O–H groups in total. The van der Waals surface area contributed by atoms with Gasteiger partial charge in [-0.15, -0.1) is 0 Å². The zero-order chi connectivity index (χ0) is 10.8. The van der Waals surface area contributed by atoms with Gasteiger partial charge in [0.05, 0.1) is 0 Å². The maximum absolute atomic E-state index is 12.9. The van der Waals surface area contributed by atoms with Gasteiger partial charge in [0.15, 0.2) is 0 Å². The molecule has 1 saturated heterocycles. The standard InChI is InChI=1S/C12H17FN2/c1-8-5-10(13)3-4-12(8)9(2)15-11-6-14-7-11/h3-5,9,11,14-15H,6-7H2,1-2H3. The second-order valence-electron chi connectivity index (χ2n) is 4.24. The van der Waals surface area contributed by atoms with E-state index in [9.17, 15) is 4.39 Å². The fraction of sp³-hybridized carbons (Fsp3) is 0.500. The first-order chi connectivity index (χ1) is 7.16. The summed E-state index contributed by atoms with van der Waals surface area (Å²) in [5, 5.41) is 6.73. The van der Waals surface area contributed by atoms with Gasteiger partial charge in [0.2, 0.25) is 0 Å². The molecule has 0 aliphatic carbocycles. The Kier molecular flexibility index (Phi) is 3.03. The van der Waals surface area contributed by atoms with Gasteiger partial charge in [-0.1, -0.05) is 6.07 Å². The van der Waals surface area contributed by atoms with Crippen LogP contribution in [0.1, 0.15) is 24.1 Å². The SMILES string of the molecule is Cc1cc(F)ccc1C(C)NC1CNC1. The molecule has 1 aromatic rings. The van der Waals surface area contributed by atoms with Gasteiger partial charge in [0, 0.05) is 25.2 Å². The van der Waals surface area contributed by atoms with E-state index in [-0.39, 0.29) is 11.9 Å². The first-order valence-electron chi connectivity index (χ1n) is 5.39. The maximum Gasteiger partial charge on any atom is 0.123 e. The van der Waals surface area contributed by atoms with E-state index in [2.05, 4.69) is 17.6 Å². The lowest BCUT2D eigenvalue weighted by atomic mass is 10.0. The number of hydrogen-bond donors (Lipinski definition) is 2. The number of rotatable bonds is 3. The molecule has 1 fully saturated rings. The molecular weight excluding hydrogens is 191 g/mol. The van der Waals surface area contributed by atoms with Crippen molar-refractivity contribution in [3.8, 4) is 0 Å². The monoisotopic (exact) mass is 208 g/mol. The highest BCUT2D eigenvalue weighted by Gasteiger charge is 2.19. The van der Waals surface area contributed by atoms with Crippen molar-refractivity contribution in [2.45, 2.75) is 25.9 Å². The summed E-state index contributed by atoms with van der Waals surface area (Å²) in [6, 6.07) is 5.84. The van der Waals surface area contributed by atoms with Crippen molar-refractivity contribution in [2.24, 2.45) is 0 Å². The molecule has 1 aromatic carbocycles. The Hall–Kier alpha value is -0.930. The summed E-state index contributed by atoms with van der Waals surface area (Å²) in [4.78, 5) is 0. The van der Waals surface area contributed by atoms with Crippen LogP contribution in [0.15, 0.2) is 18.2 Å². The van der Waals surface area contributed by atoms with Crippen LogP contribution in [-0.4, -0.2) is 19.1 Å². The summed E-state index contributed by atoms with van der Waals surface area (Å²) in [7, 11) is 0. The van der Waals surface area contributed by atoms with Crippen molar-refractivity contribution in [1.29, 1.82) is 0 Å². The van der Waals surface area contributed by atoms with Gasteiger partial charge < -0.3 is 10.6 Å². The number of halogens is 1. The van der Waals surface area contributed by atoms with E-state index in [4.69, 9.17) is 0 Å². The van der Waals surface area contributed by atoms with Crippen LogP contribution in [0.2, 0.25) is 0 Å². The molecule has 0 spiro atoms. The highest BCUT2D eigenvalue weighted by Crippen LogP contribution is 2.19. The molecule has 1 aliphatic heterocycles. The first-order valence-corrected chi connectivity index (χ1v) is 5.39. The molecule has 0 radical (unpaired) electrons. The largest absolute Gasteiger partial charge is 0.314 e. The summed E-state index contributed by atoms with van der Waals surface area (Å²) in [6.45, 7) is 6.14. The fourth-order valence-corrected chi connectivity index (χ4v) is 1.97. The highest BCUT2D eigenvalue weighted by atomic mass is 19.1. The van der Waals surface area contributed by atoms with E-state index in [1.165, 1.54) is 11.6 Å². The highest BCUT2D eigenvalue weighted by molar-refractivity contribution is 5.29. The number of hydrogen-bond acceptors (Lipinski definition) is 2. The maximum atomic E-state index is 12.9. The molecule has 0 bridgehead atoms. The third-order valence-electron chi connectivity index (χ3n) is 2.97. The molecule has 0 aromatic heterocycles. The lowest BCUT2D eigenvalue weighted by Crippen LogP contribution is -2.55. The number of nitrogens with one attached hydrogen (secondary N) is 2. The van der Waals surface area contributed by atoms with Gasteiger partial charge in [0.1, 0.15) is 5.82 Å². The van der Waals surface area contributed by atoms with E-state index in [1.807, 2.05) is 13.0 Å². The van der Waals surface area contributed by atoms with Crippen LogP contribution >= 0.6 is 0 Å². The van der Waals surface area contributed by atoms with E-state index in [0.717, 1.165) is 18.7 Å². The second kappa shape index (κ2) is 4.29. The summed E-state index contributed by atoms with van der Waals surface area (Å²) >= 11 is 0. The minimum Gasteiger partial charge on any atom is -0.314 e. The van der Waals surface area contributed by atoms with E-state index < -0.39 is 0 Å². The smallest absolute Gasteiger partial charge is 0.123 e. The molecule has 3 heteroatoms. The molecule has 1 unspecified atom stereocenters. The third kappa shape index (κ3) is 2.36. The quantitative estimate of drug-likeness (QED) is 0.791. The summed E-state index contributed by atoms with van der Waals surface area (Å²) in [6.07, 6.45) is 0. The van der Waals surface area contributed by atoms with Crippen LogP contribution in [0.3, 0.4) is 0 Å². The first kappa shape index (κ1) is 10.6. The average Bonchev–Trinajstić information content (AvgIpc) is 2.11. The lowest BCUT2D eigenvalue weighted by molar-refractivity contribution is 0.338. The zero-order valence-electron chi connectivity index (χ0n) is 9.18. The minimum absolute atomic E-state index is 0.159. The van der Waals surface area contributed by atoms with Crippen molar-refractivity contribution in [2.75, 3.05) is 13.1 Å². The van der Waals surface area contributed by atoms with Crippen LogP contribution < -0.4 is 10.6 Å². The van der Waals surface area contributed by atoms with E-state index in [1.54, 1.807) is 6.07 Å². The van der Waals surface area contributed by atoms with Gasteiger partial charge >= 0.3 is 0 Å². The van der Waals surface area contributed by atoms with Crippen molar-refractivity contribution in [3.05, 3.63) is 35.1 Å². The Balaban J connectivity index is 2.06. The fourth-order valence-electron chi connectivity index (χ4n) is 1.97.